The number of aliphatic hydroxyl groups excluding tert-OH is 4. The van der Waals surface area contributed by atoms with Gasteiger partial charge in [-0.1, -0.05) is 0 Å². The summed E-state index contributed by atoms with van der Waals surface area (Å²) < 4.78 is 47.1. The minimum Gasteiger partial charge on any atom is -0.396 e. The number of rotatable bonds is 28. The van der Waals surface area contributed by atoms with E-state index in [1.54, 1.807) is 0 Å². The van der Waals surface area contributed by atoms with Gasteiger partial charge in [0.05, 0.1) is 38.6 Å². The Balaban J connectivity index is 3.71. The van der Waals surface area contributed by atoms with E-state index in [4.69, 9.17) is 38.6 Å². The first-order chi connectivity index (χ1) is 17.6. The van der Waals surface area contributed by atoms with Crippen LogP contribution in [0.25, 0.3) is 0 Å². The van der Waals surface area contributed by atoms with Crippen LogP contribution in [0, 0.1) is 0 Å². The van der Waals surface area contributed by atoms with Crippen molar-refractivity contribution in [2.75, 3.05) is 79.3 Å². The molecule has 224 valence electrons. The number of alkyl halides is 1. The van der Waals surface area contributed by atoms with Crippen molar-refractivity contribution in [1.29, 1.82) is 0 Å². The summed E-state index contributed by atoms with van der Waals surface area (Å²) in [7, 11) is 0. The number of ether oxygens (including phenoxy) is 6. The highest BCUT2D eigenvalue weighted by Crippen LogP contribution is 2.22. The van der Waals surface area contributed by atoms with Gasteiger partial charge in [0.25, 0.3) is 0 Å². The first kappa shape index (κ1) is 36.5. The Morgan fingerprint density at radius 1 is 0.568 bits per heavy atom. The fraction of sp³-hybridized carbons (Fsp3) is 1.00. The molecule has 0 heterocycles. The van der Waals surface area contributed by atoms with Gasteiger partial charge in [-0.2, -0.15) is 0 Å². The zero-order chi connectivity index (χ0) is 27.8. The van der Waals surface area contributed by atoms with Gasteiger partial charge in [0.1, 0.15) is 12.2 Å². The van der Waals surface area contributed by atoms with Crippen molar-refractivity contribution < 1.29 is 53.2 Å². The monoisotopic (exact) mass is 544 g/mol. The van der Waals surface area contributed by atoms with Crippen LogP contribution in [0.1, 0.15) is 65.7 Å². The van der Waals surface area contributed by atoms with E-state index in [9.17, 15) is 14.6 Å². The Morgan fingerprint density at radius 3 is 1.46 bits per heavy atom. The third-order valence-electron chi connectivity index (χ3n) is 5.30. The van der Waals surface area contributed by atoms with Gasteiger partial charge in [-0.3, -0.25) is 0 Å². The van der Waals surface area contributed by atoms with Crippen molar-refractivity contribution in [2.45, 2.75) is 89.4 Å². The maximum atomic E-state index is 14.6. The van der Waals surface area contributed by atoms with Crippen molar-refractivity contribution in [1.82, 2.24) is 0 Å². The zero-order valence-corrected chi connectivity index (χ0v) is 23.2. The van der Waals surface area contributed by atoms with E-state index in [2.05, 4.69) is 0 Å². The van der Waals surface area contributed by atoms with Crippen LogP contribution < -0.4 is 0 Å². The predicted octanol–water partition coefficient (Wildman–Crippen LogP) is 1.99. The summed E-state index contributed by atoms with van der Waals surface area (Å²) >= 11 is 0. The lowest BCUT2D eigenvalue weighted by molar-refractivity contribution is -0.144. The summed E-state index contributed by atoms with van der Waals surface area (Å²) in [5.41, 5.74) is -0.366. The third-order valence-corrected chi connectivity index (χ3v) is 5.30. The fourth-order valence-electron chi connectivity index (χ4n) is 3.23. The molecule has 0 saturated carbocycles. The van der Waals surface area contributed by atoms with Gasteiger partial charge in [0.15, 0.2) is 0 Å². The SMILES string of the molecule is CC(C)(CCCOCC(O)COCCCO)OCCCC(C)(F)OCCCOCC(O)COCCCO. The van der Waals surface area contributed by atoms with Crippen LogP contribution in [0.3, 0.4) is 0 Å². The van der Waals surface area contributed by atoms with Gasteiger partial charge >= 0.3 is 0 Å². The summed E-state index contributed by atoms with van der Waals surface area (Å²) in [5.74, 6) is -1.75. The van der Waals surface area contributed by atoms with Crippen molar-refractivity contribution in [3.63, 3.8) is 0 Å². The van der Waals surface area contributed by atoms with Gasteiger partial charge in [0, 0.05) is 52.7 Å². The van der Waals surface area contributed by atoms with Gasteiger partial charge < -0.3 is 48.8 Å². The maximum Gasteiger partial charge on any atom is 0.206 e. The molecule has 0 aliphatic rings. The predicted molar refractivity (Wildman–Crippen MR) is 137 cm³/mol. The zero-order valence-electron chi connectivity index (χ0n) is 23.2. The Morgan fingerprint density at radius 2 is 0.973 bits per heavy atom. The first-order valence-electron chi connectivity index (χ1n) is 13.5. The van der Waals surface area contributed by atoms with E-state index in [-0.39, 0.29) is 58.3 Å². The average Bonchev–Trinajstić information content (AvgIpc) is 2.84. The molecular formula is C26H53FO10. The Bertz CT molecular complexity index is 496. The number of hydrogen-bond donors (Lipinski definition) is 4. The molecule has 4 N–H and O–H groups in total. The molecule has 0 aromatic carbocycles. The van der Waals surface area contributed by atoms with Crippen LogP contribution in [0.15, 0.2) is 0 Å². The molecule has 0 aliphatic carbocycles. The third kappa shape index (κ3) is 25.6. The van der Waals surface area contributed by atoms with Crippen LogP contribution in [0.4, 0.5) is 4.39 Å². The second-order valence-corrected chi connectivity index (χ2v) is 9.88. The van der Waals surface area contributed by atoms with Crippen LogP contribution in [0.2, 0.25) is 0 Å². The van der Waals surface area contributed by atoms with E-state index in [0.29, 0.717) is 58.7 Å². The summed E-state index contributed by atoms with van der Waals surface area (Å²) in [6.45, 7) is 8.47. The molecular weight excluding hydrogens is 491 g/mol. The minimum absolute atomic E-state index is 0.0555. The van der Waals surface area contributed by atoms with Crippen molar-refractivity contribution in [2.24, 2.45) is 0 Å². The van der Waals surface area contributed by atoms with Crippen LogP contribution in [-0.4, -0.2) is 123 Å². The van der Waals surface area contributed by atoms with E-state index in [1.165, 1.54) is 6.92 Å². The molecule has 0 amide bonds. The number of aliphatic hydroxyl groups is 4. The molecule has 37 heavy (non-hydrogen) atoms. The average molecular weight is 545 g/mol. The lowest BCUT2D eigenvalue weighted by Gasteiger charge is -2.27. The second kappa shape index (κ2) is 23.4. The maximum absolute atomic E-state index is 14.6. The summed E-state index contributed by atoms with van der Waals surface area (Å²) in [6, 6.07) is 0. The highest BCUT2D eigenvalue weighted by molar-refractivity contribution is 4.69. The highest BCUT2D eigenvalue weighted by atomic mass is 19.2. The molecule has 0 rings (SSSR count). The van der Waals surface area contributed by atoms with E-state index < -0.39 is 18.1 Å². The summed E-state index contributed by atoms with van der Waals surface area (Å²) in [6.07, 6.45) is 2.45. The minimum atomic E-state index is -1.75. The van der Waals surface area contributed by atoms with E-state index in [1.807, 2.05) is 13.8 Å². The lowest BCUT2D eigenvalue weighted by Crippen LogP contribution is -2.28. The van der Waals surface area contributed by atoms with Crippen LogP contribution in [0.5, 0.6) is 0 Å². The Labute approximate surface area is 222 Å². The van der Waals surface area contributed by atoms with Crippen LogP contribution >= 0.6 is 0 Å². The number of hydrogen-bond acceptors (Lipinski definition) is 10. The number of halogens is 1. The standard InChI is InChI=1S/C26H53FO10/c1-25(2,9-4-13-32-19-23(30)20-33-14-6-11-28)36-17-5-10-26(3,27)37-18-8-16-35-22-24(31)21-34-15-7-12-29/h23-24,28-31H,4-22H2,1-3H3. The molecule has 0 spiro atoms. The molecule has 0 aromatic rings. The molecule has 10 nitrogen and oxygen atoms in total. The van der Waals surface area contributed by atoms with E-state index in [0.717, 1.165) is 12.8 Å². The fourth-order valence-corrected chi connectivity index (χ4v) is 3.23. The first-order valence-corrected chi connectivity index (χ1v) is 13.5. The second-order valence-electron chi connectivity index (χ2n) is 9.88. The molecule has 0 bridgehead atoms. The normalized spacial score (nSPS) is 15.6. The van der Waals surface area contributed by atoms with Crippen molar-refractivity contribution in [3.8, 4) is 0 Å². The smallest absolute Gasteiger partial charge is 0.206 e. The molecule has 3 atom stereocenters. The highest BCUT2D eigenvalue weighted by Gasteiger charge is 2.24. The quantitative estimate of drug-likeness (QED) is 0.108. The van der Waals surface area contributed by atoms with Gasteiger partial charge in [-0.05, 0) is 59.3 Å². The van der Waals surface area contributed by atoms with Crippen molar-refractivity contribution >= 4 is 0 Å². The molecule has 3 unspecified atom stereocenters. The summed E-state index contributed by atoms with van der Waals surface area (Å²) in [4.78, 5) is 0. The topological polar surface area (TPSA) is 136 Å². The Kier molecular flexibility index (Phi) is 23.1. The molecule has 11 heteroatoms. The van der Waals surface area contributed by atoms with Gasteiger partial charge in [-0.15, -0.1) is 0 Å². The van der Waals surface area contributed by atoms with Gasteiger partial charge in [0.2, 0.25) is 5.85 Å². The Hall–Kier alpha value is -0.470. The summed E-state index contributed by atoms with van der Waals surface area (Å²) in [5, 5.41) is 36.8. The molecule has 0 aromatic heterocycles. The lowest BCUT2D eigenvalue weighted by atomic mass is 10.0. The van der Waals surface area contributed by atoms with E-state index >= 15 is 0 Å². The molecule has 0 radical (unpaired) electrons. The molecule has 0 saturated heterocycles. The molecule has 0 fully saturated rings. The van der Waals surface area contributed by atoms with Crippen molar-refractivity contribution in [3.05, 3.63) is 0 Å². The van der Waals surface area contributed by atoms with Crippen LogP contribution in [-0.2, 0) is 28.4 Å². The molecule has 0 aliphatic heterocycles. The van der Waals surface area contributed by atoms with Gasteiger partial charge in [-0.25, -0.2) is 4.39 Å². The largest absolute Gasteiger partial charge is 0.396 e.